The standard InChI is InChI=1S/C27H29.C21H26.C9H13.2ClH.Zr/c1-16-7-9-26(3,4)24-12-18-11-19-13-25-21(17(2)8-10-27(25,5)6)15-23(19)22(18)14-20(16)24;1-20(2,3)18-11-7-16(8-12-18)15-17-9-13-19(14-10-17)21(4,5)6;1-9(2,3)8-6-4-5-7-8;;;/h7-8,11-15H,9-10H2,1-6H3;7-14H,1-6H3;6-7H,4H2,1-3H3;2*1H;/q-1;;-1;;;+2/p-2. The minimum Gasteiger partial charge on any atom is -1.00 e. The van der Waals surface area contributed by atoms with E-state index in [1.807, 2.05) is 0 Å². The van der Waals surface area contributed by atoms with E-state index in [2.05, 4.69) is 213 Å². The van der Waals surface area contributed by atoms with Crippen LogP contribution in [0, 0.1) is 11.5 Å². The Kier molecular flexibility index (Phi) is 15.2. The van der Waals surface area contributed by atoms with E-state index in [0.717, 1.165) is 19.3 Å². The average molecular weight is 915 g/mol. The van der Waals surface area contributed by atoms with E-state index in [-0.39, 0.29) is 46.5 Å². The molecule has 0 fully saturated rings. The number of hydrogen-bond acceptors (Lipinski definition) is 0. The van der Waals surface area contributed by atoms with Crippen LogP contribution in [0.25, 0.3) is 32.7 Å². The van der Waals surface area contributed by atoms with E-state index in [1.165, 1.54) is 110 Å². The van der Waals surface area contributed by atoms with Crippen molar-refractivity contribution < 1.29 is 49.0 Å². The van der Waals surface area contributed by atoms with Crippen LogP contribution in [0.2, 0.25) is 0 Å². The van der Waals surface area contributed by atoms with Crippen LogP contribution in [0.1, 0.15) is 168 Å². The van der Waals surface area contributed by atoms with Crippen LogP contribution < -0.4 is 24.8 Å². The van der Waals surface area contributed by atoms with Crippen LogP contribution in [-0.4, -0.2) is 3.21 Å². The Bertz CT molecular complexity index is 2320. The summed E-state index contributed by atoms with van der Waals surface area (Å²) >= 11 is 1.46. The predicted octanol–water partition coefficient (Wildman–Crippen LogP) is 10.0. The molecule has 0 N–H and O–H groups in total. The zero-order chi connectivity index (χ0) is 42.6. The molecule has 0 atom stereocenters. The molecule has 316 valence electrons. The first kappa shape index (κ1) is 49.7. The monoisotopic (exact) mass is 912 g/mol. The average Bonchev–Trinajstić information content (AvgIpc) is 3.83. The molecule has 8 rings (SSSR count). The molecular formula is C57H68Cl2Zr-2. The molecule has 3 aliphatic carbocycles. The summed E-state index contributed by atoms with van der Waals surface area (Å²) in [7, 11) is 0. The minimum atomic E-state index is 0. The molecule has 0 nitrogen and oxygen atoms in total. The summed E-state index contributed by atoms with van der Waals surface area (Å²) in [4.78, 5) is 0. The fourth-order valence-corrected chi connectivity index (χ4v) is 9.31. The quantitative estimate of drug-likeness (QED) is 0.155. The van der Waals surface area contributed by atoms with Crippen molar-refractivity contribution in [3.8, 4) is 0 Å². The van der Waals surface area contributed by atoms with Crippen molar-refractivity contribution >= 4 is 35.9 Å². The van der Waals surface area contributed by atoms with Gasteiger partial charge in [0.1, 0.15) is 0 Å². The molecule has 0 heterocycles. The molecule has 0 aromatic heterocycles. The molecule has 3 heteroatoms. The van der Waals surface area contributed by atoms with Crippen LogP contribution >= 0.6 is 0 Å². The molecule has 5 aromatic carbocycles. The van der Waals surface area contributed by atoms with Crippen molar-refractivity contribution in [2.45, 2.75) is 145 Å². The third-order valence-electron chi connectivity index (χ3n) is 12.8. The number of halogens is 2. The van der Waals surface area contributed by atoms with E-state index >= 15 is 0 Å². The zero-order valence-electron chi connectivity index (χ0n) is 39.2. The largest absolute Gasteiger partial charge is 1.00 e. The molecule has 0 saturated carbocycles. The maximum absolute atomic E-state index is 3.16. The van der Waals surface area contributed by atoms with Crippen molar-refractivity contribution in [1.29, 1.82) is 0 Å². The van der Waals surface area contributed by atoms with Crippen molar-refractivity contribution in [2.75, 3.05) is 0 Å². The molecule has 3 aliphatic rings. The Labute approximate surface area is 391 Å². The van der Waals surface area contributed by atoms with E-state index in [9.17, 15) is 0 Å². The SMILES string of the molecule is CC(C)(C)C1=CC[C-]=C1.CC(C)(C)c1ccc([C](=[Zr+2])c2ccc(C(C)(C)C)cc2)cc1.CC1=CCC(C)(C)c2cc3[cH-]c4cc5c(cc4c3cc21)C(C)=CCC5(C)C.[Cl-].[Cl-]. The van der Waals surface area contributed by atoms with Gasteiger partial charge in [-0.2, -0.15) is 11.6 Å². The summed E-state index contributed by atoms with van der Waals surface area (Å²) in [6.45, 7) is 34.3. The summed E-state index contributed by atoms with van der Waals surface area (Å²) in [6.07, 6.45) is 15.6. The first-order chi connectivity index (χ1) is 26.9. The van der Waals surface area contributed by atoms with Gasteiger partial charge in [0.2, 0.25) is 0 Å². The van der Waals surface area contributed by atoms with Crippen LogP contribution in [0.5, 0.6) is 0 Å². The summed E-state index contributed by atoms with van der Waals surface area (Å²) < 4.78 is 1.42. The Hall–Kier alpha value is -2.96. The van der Waals surface area contributed by atoms with Crippen LogP contribution in [0.4, 0.5) is 0 Å². The Morgan fingerprint density at radius 3 is 1.25 bits per heavy atom. The molecule has 60 heavy (non-hydrogen) atoms. The maximum atomic E-state index is 3.16. The molecule has 0 unspecified atom stereocenters. The topological polar surface area (TPSA) is 0 Å². The molecule has 0 radical (unpaired) electrons. The van der Waals surface area contributed by atoms with Gasteiger partial charge in [0.15, 0.2) is 0 Å². The number of hydrogen-bond donors (Lipinski definition) is 0. The molecule has 0 aliphatic heterocycles. The minimum absolute atomic E-state index is 0. The van der Waals surface area contributed by atoms with Gasteiger partial charge in [-0.25, -0.2) is 6.08 Å². The van der Waals surface area contributed by atoms with Crippen molar-refractivity contribution in [2.24, 2.45) is 5.41 Å². The van der Waals surface area contributed by atoms with Crippen LogP contribution in [-0.2, 0) is 45.9 Å². The first-order valence-corrected chi connectivity index (χ1v) is 22.7. The van der Waals surface area contributed by atoms with Gasteiger partial charge in [-0.15, -0.1) is 46.2 Å². The second-order valence-corrected chi connectivity index (χ2v) is 22.8. The summed E-state index contributed by atoms with van der Waals surface area (Å²) in [6, 6.07) is 30.4. The number of rotatable bonds is 2. The summed E-state index contributed by atoms with van der Waals surface area (Å²) in [5, 5.41) is 5.61. The van der Waals surface area contributed by atoms with Gasteiger partial charge < -0.3 is 24.8 Å². The molecule has 0 amide bonds. The summed E-state index contributed by atoms with van der Waals surface area (Å²) in [5.41, 5.74) is 16.8. The van der Waals surface area contributed by atoms with E-state index < -0.39 is 0 Å². The summed E-state index contributed by atoms with van der Waals surface area (Å²) in [5.74, 6) is 0. The Morgan fingerprint density at radius 2 is 0.950 bits per heavy atom. The predicted molar refractivity (Wildman–Crippen MR) is 253 cm³/mol. The number of fused-ring (bicyclic) bond motifs is 5. The van der Waals surface area contributed by atoms with Gasteiger partial charge >= 0.3 is 151 Å². The molecule has 0 saturated heterocycles. The van der Waals surface area contributed by atoms with Gasteiger partial charge in [-0.1, -0.05) is 89.3 Å². The van der Waals surface area contributed by atoms with Gasteiger partial charge in [0.05, 0.1) is 0 Å². The molecule has 5 aromatic rings. The third kappa shape index (κ3) is 10.8. The first-order valence-electron chi connectivity index (χ1n) is 21.5. The molecular weight excluding hydrogens is 847 g/mol. The normalized spacial score (nSPS) is 16.4. The molecule has 0 bridgehead atoms. The second kappa shape index (κ2) is 18.4. The smallest absolute Gasteiger partial charge is 0.0133 e. The van der Waals surface area contributed by atoms with Gasteiger partial charge in [-0.3, -0.25) is 6.08 Å². The van der Waals surface area contributed by atoms with Gasteiger partial charge in [0.25, 0.3) is 0 Å². The van der Waals surface area contributed by atoms with E-state index in [1.54, 1.807) is 0 Å². The third-order valence-corrected chi connectivity index (χ3v) is 14.2. The van der Waals surface area contributed by atoms with E-state index in [0.29, 0.717) is 5.41 Å². The fraction of sp³-hybridized carbons (Fsp3) is 0.404. The Morgan fingerprint density at radius 1 is 0.567 bits per heavy atom. The zero-order valence-corrected chi connectivity index (χ0v) is 43.2. The number of benzene rings is 4. The van der Waals surface area contributed by atoms with Crippen molar-refractivity contribution in [3.63, 3.8) is 0 Å². The Balaban J connectivity index is 0.000000217. The maximum Gasteiger partial charge on any atom is -0.0133 e. The van der Waals surface area contributed by atoms with Gasteiger partial charge in [0, 0.05) is 0 Å². The van der Waals surface area contributed by atoms with E-state index in [4.69, 9.17) is 0 Å². The second-order valence-electron chi connectivity index (χ2n) is 21.6. The molecule has 0 spiro atoms. The van der Waals surface area contributed by atoms with Crippen molar-refractivity contribution in [1.82, 2.24) is 0 Å². The fourth-order valence-electron chi connectivity index (χ4n) is 8.49. The van der Waals surface area contributed by atoms with Crippen LogP contribution in [0.3, 0.4) is 0 Å². The number of allylic oxidation sites excluding steroid dienone is 8. The van der Waals surface area contributed by atoms with Crippen molar-refractivity contribution in [3.05, 3.63) is 159 Å². The van der Waals surface area contributed by atoms with Crippen LogP contribution in [0.15, 0.2) is 109 Å². The van der Waals surface area contributed by atoms with Gasteiger partial charge in [-0.05, 0) is 59.8 Å².